The Morgan fingerprint density at radius 2 is 1.86 bits per heavy atom. The van der Waals surface area contributed by atoms with Gasteiger partial charge in [0.1, 0.15) is 0 Å². The second-order valence-electron chi connectivity index (χ2n) is 4.87. The van der Waals surface area contributed by atoms with Crippen LogP contribution in [0.15, 0.2) is 24.3 Å². The second-order valence-corrected chi connectivity index (χ2v) is 4.87. The van der Waals surface area contributed by atoms with Crippen LogP contribution in [0, 0.1) is 0 Å². The maximum Gasteiger partial charge on any atom is 0.335 e. The number of amides is 1. The summed E-state index contributed by atoms with van der Waals surface area (Å²) in [6.45, 7) is 7.83. The Kier molecular flexibility index (Phi) is 7.46. The fourth-order valence-corrected chi connectivity index (χ4v) is 2.19. The van der Waals surface area contributed by atoms with E-state index in [1.807, 2.05) is 0 Å². The summed E-state index contributed by atoms with van der Waals surface area (Å²) in [6.07, 6.45) is 1.00. The van der Waals surface area contributed by atoms with E-state index in [0.717, 1.165) is 26.1 Å². The summed E-state index contributed by atoms with van der Waals surface area (Å²) in [7, 11) is 0. The Morgan fingerprint density at radius 1 is 1.19 bits per heavy atom. The largest absolute Gasteiger partial charge is 0.478 e. The average Bonchev–Trinajstić information content (AvgIpc) is 2.47. The molecule has 0 saturated carbocycles. The van der Waals surface area contributed by atoms with Gasteiger partial charge < -0.3 is 15.3 Å². The zero-order valence-electron chi connectivity index (χ0n) is 12.8. The minimum absolute atomic E-state index is 0.105. The fourth-order valence-electron chi connectivity index (χ4n) is 2.19. The van der Waals surface area contributed by atoms with Crippen LogP contribution in [-0.4, -0.2) is 48.1 Å². The van der Waals surface area contributed by atoms with Crippen molar-refractivity contribution in [3.8, 4) is 0 Å². The number of carbonyl (C=O) groups is 2. The van der Waals surface area contributed by atoms with E-state index in [9.17, 15) is 9.59 Å². The number of benzene rings is 1. The monoisotopic (exact) mass is 292 g/mol. The van der Waals surface area contributed by atoms with Gasteiger partial charge in [-0.25, -0.2) is 4.79 Å². The number of hydrogen-bond acceptors (Lipinski definition) is 3. The highest BCUT2D eigenvalue weighted by atomic mass is 16.4. The van der Waals surface area contributed by atoms with E-state index in [2.05, 4.69) is 24.1 Å². The van der Waals surface area contributed by atoms with Gasteiger partial charge in [-0.15, -0.1) is 0 Å². The van der Waals surface area contributed by atoms with Crippen LogP contribution in [0.1, 0.15) is 36.2 Å². The summed E-state index contributed by atoms with van der Waals surface area (Å²) < 4.78 is 0. The first-order valence-electron chi connectivity index (χ1n) is 7.38. The van der Waals surface area contributed by atoms with Gasteiger partial charge in [0.15, 0.2) is 0 Å². The zero-order chi connectivity index (χ0) is 15.7. The molecule has 1 aromatic rings. The molecule has 0 unspecified atom stereocenters. The lowest BCUT2D eigenvalue weighted by atomic mass is 10.0. The first-order chi connectivity index (χ1) is 10.1. The number of rotatable bonds is 9. The molecule has 5 nitrogen and oxygen atoms in total. The van der Waals surface area contributed by atoms with Gasteiger partial charge in [-0.3, -0.25) is 4.79 Å². The molecule has 5 heteroatoms. The van der Waals surface area contributed by atoms with Crippen LogP contribution in [0.2, 0.25) is 0 Å². The van der Waals surface area contributed by atoms with E-state index < -0.39 is 5.97 Å². The summed E-state index contributed by atoms with van der Waals surface area (Å²) in [5.74, 6) is -1.14. The summed E-state index contributed by atoms with van der Waals surface area (Å²) >= 11 is 0. The Morgan fingerprint density at radius 3 is 2.48 bits per heavy atom. The molecule has 0 aliphatic rings. The molecule has 0 bridgehead atoms. The number of carboxylic acids is 1. The molecule has 0 aliphatic carbocycles. The highest BCUT2D eigenvalue weighted by Gasteiger charge is 2.12. The maximum atomic E-state index is 11.9. The van der Waals surface area contributed by atoms with Gasteiger partial charge in [-0.2, -0.15) is 0 Å². The summed E-state index contributed by atoms with van der Waals surface area (Å²) in [5, 5.41) is 11.9. The number of aromatic carboxylic acids is 1. The molecule has 116 valence electrons. The molecule has 0 aromatic heterocycles. The second kappa shape index (κ2) is 9.13. The fraction of sp³-hybridized carbons (Fsp3) is 0.500. The molecule has 0 aliphatic heterocycles. The van der Waals surface area contributed by atoms with Crippen molar-refractivity contribution < 1.29 is 14.7 Å². The molecule has 0 spiro atoms. The summed E-state index contributed by atoms with van der Waals surface area (Å²) in [4.78, 5) is 25.2. The van der Waals surface area contributed by atoms with Gasteiger partial charge in [0.05, 0.1) is 12.0 Å². The third-order valence-electron chi connectivity index (χ3n) is 3.47. The molecular weight excluding hydrogens is 268 g/mol. The van der Waals surface area contributed by atoms with E-state index in [1.54, 1.807) is 18.2 Å². The number of nitrogens with zero attached hydrogens (tertiary/aromatic N) is 1. The molecule has 1 aromatic carbocycles. The number of hydrogen-bond donors (Lipinski definition) is 2. The number of nitrogens with one attached hydrogen (secondary N) is 1. The first kappa shape index (κ1) is 17.2. The van der Waals surface area contributed by atoms with Gasteiger partial charge in [0.25, 0.3) is 0 Å². The van der Waals surface area contributed by atoms with Crippen LogP contribution >= 0.6 is 0 Å². The lowest BCUT2D eigenvalue weighted by Gasteiger charge is -2.17. The van der Waals surface area contributed by atoms with Crippen molar-refractivity contribution in [2.75, 3.05) is 26.2 Å². The number of carbonyl (C=O) groups excluding carboxylic acids is 1. The van der Waals surface area contributed by atoms with Crippen molar-refractivity contribution in [1.82, 2.24) is 10.2 Å². The SMILES string of the molecule is CCN(CC)CCCNC(=O)Cc1ccccc1C(=O)O. The summed E-state index contributed by atoms with van der Waals surface area (Å²) in [5.41, 5.74) is 0.738. The molecule has 0 fully saturated rings. The molecule has 0 radical (unpaired) electrons. The Bertz CT molecular complexity index is 470. The third kappa shape index (κ3) is 5.95. The predicted molar refractivity (Wildman–Crippen MR) is 82.5 cm³/mol. The molecule has 0 saturated heterocycles. The standard InChI is InChI=1S/C16H24N2O3/c1-3-18(4-2)11-7-10-17-15(19)12-13-8-5-6-9-14(13)16(20)21/h5-6,8-9H,3-4,7,10-12H2,1-2H3,(H,17,19)(H,20,21). The summed E-state index contributed by atoms with van der Waals surface area (Å²) in [6, 6.07) is 6.61. The van der Waals surface area contributed by atoms with Crippen LogP contribution in [0.3, 0.4) is 0 Å². The molecule has 21 heavy (non-hydrogen) atoms. The third-order valence-corrected chi connectivity index (χ3v) is 3.47. The topological polar surface area (TPSA) is 69.6 Å². The van der Waals surface area contributed by atoms with E-state index in [0.29, 0.717) is 12.1 Å². The van der Waals surface area contributed by atoms with Crippen LogP contribution in [0.25, 0.3) is 0 Å². The van der Waals surface area contributed by atoms with Crippen molar-refractivity contribution in [3.05, 3.63) is 35.4 Å². The minimum Gasteiger partial charge on any atom is -0.478 e. The highest BCUT2D eigenvalue weighted by molar-refractivity contribution is 5.91. The smallest absolute Gasteiger partial charge is 0.335 e. The van der Waals surface area contributed by atoms with E-state index in [1.165, 1.54) is 6.07 Å². The van der Waals surface area contributed by atoms with E-state index in [4.69, 9.17) is 5.11 Å². The van der Waals surface area contributed by atoms with Crippen molar-refractivity contribution in [2.45, 2.75) is 26.7 Å². The van der Waals surface area contributed by atoms with Crippen LogP contribution in [0.5, 0.6) is 0 Å². The molecule has 1 amide bonds. The number of carboxylic acid groups (broad SMARTS) is 1. The van der Waals surface area contributed by atoms with Crippen molar-refractivity contribution in [2.24, 2.45) is 0 Å². The highest BCUT2D eigenvalue weighted by Crippen LogP contribution is 2.09. The lowest BCUT2D eigenvalue weighted by molar-refractivity contribution is -0.120. The van der Waals surface area contributed by atoms with Gasteiger partial charge in [-0.05, 0) is 37.7 Å². The normalized spacial score (nSPS) is 10.6. The first-order valence-corrected chi connectivity index (χ1v) is 7.38. The molecule has 0 atom stereocenters. The van der Waals surface area contributed by atoms with E-state index in [-0.39, 0.29) is 17.9 Å². The van der Waals surface area contributed by atoms with Gasteiger partial charge >= 0.3 is 5.97 Å². The maximum absolute atomic E-state index is 11.9. The average molecular weight is 292 g/mol. The zero-order valence-corrected chi connectivity index (χ0v) is 12.8. The Hall–Kier alpha value is -1.88. The van der Waals surface area contributed by atoms with Crippen molar-refractivity contribution in [1.29, 1.82) is 0 Å². The van der Waals surface area contributed by atoms with Crippen molar-refractivity contribution in [3.63, 3.8) is 0 Å². The van der Waals surface area contributed by atoms with Gasteiger partial charge in [0.2, 0.25) is 5.91 Å². The van der Waals surface area contributed by atoms with Gasteiger partial charge in [-0.1, -0.05) is 32.0 Å². The Labute approximate surface area is 126 Å². The predicted octanol–water partition coefficient (Wildman–Crippen LogP) is 1.78. The van der Waals surface area contributed by atoms with Gasteiger partial charge in [0, 0.05) is 6.54 Å². The molecule has 0 heterocycles. The Balaban J connectivity index is 2.39. The minimum atomic E-state index is -1.00. The lowest BCUT2D eigenvalue weighted by Crippen LogP contribution is -2.30. The van der Waals surface area contributed by atoms with Crippen LogP contribution in [-0.2, 0) is 11.2 Å². The molecule has 1 rings (SSSR count). The van der Waals surface area contributed by atoms with Crippen molar-refractivity contribution >= 4 is 11.9 Å². The van der Waals surface area contributed by atoms with Crippen LogP contribution < -0.4 is 5.32 Å². The quantitative estimate of drug-likeness (QED) is 0.681. The molecule has 2 N–H and O–H groups in total. The molecular formula is C16H24N2O3. The van der Waals surface area contributed by atoms with Crippen LogP contribution in [0.4, 0.5) is 0 Å². The van der Waals surface area contributed by atoms with E-state index >= 15 is 0 Å².